The van der Waals surface area contributed by atoms with Gasteiger partial charge in [-0.3, -0.25) is 0 Å². The highest BCUT2D eigenvalue weighted by molar-refractivity contribution is 6.19. The van der Waals surface area contributed by atoms with Gasteiger partial charge in [-0.2, -0.15) is 10.5 Å². The molecular weight excluding hydrogens is 617 g/mol. The van der Waals surface area contributed by atoms with E-state index < -0.39 is 0 Å². The number of aromatic nitrogens is 2. The van der Waals surface area contributed by atoms with Crippen LogP contribution < -0.4 is 0 Å². The molecule has 0 saturated carbocycles. The molecule has 0 aliphatic heterocycles. The van der Waals surface area contributed by atoms with E-state index in [1.54, 1.807) is 0 Å². The van der Waals surface area contributed by atoms with E-state index in [-0.39, 0.29) is 0 Å². The van der Waals surface area contributed by atoms with Crippen LogP contribution in [0.2, 0.25) is 0 Å². The summed E-state index contributed by atoms with van der Waals surface area (Å²) in [7, 11) is 0. The minimum atomic E-state index is 0.391. The summed E-state index contributed by atoms with van der Waals surface area (Å²) >= 11 is 0. The molecule has 0 N–H and O–H groups in total. The third-order valence-corrected chi connectivity index (χ3v) is 10.2. The van der Waals surface area contributed by atoms with Crippen LogP contribution in [-0.4, -0.2) is 9.13 Å². The van der Waals surface area contributed by atoms with E-state index in [4.69, 9.17) is 8.83 Å². The third-order valence-electron chi connectivity index (χ3n) is 10.2. The van der Waals surface area contributed by atoms with Crippen molar-refractivity contribution in [1.29, 1.82) is 10.5 Å². The first-order valence-electron chi connectivity index (χ1n) is 16.4. The Labute approximate surface area is 283 Å². The Morgan fingerprint density at radius 3 is 1.34 bits per heavy atom. The van der Waals surface area contributed by atoms with Crippen molar-refractivity contribution in [1.82, 2.24) is 9.13 Å². The summed E-state index contributed by atoms with van der Waals surface area (Å²) in [6, 6.07) is 49.6. The van der Waals surface area contributed by atoms with Crippen LogP contribution >= 0.6 is 0 Å². The number of para-hydroxylation sites is 4. The van der Waals surface area contributed by atoms with Gasteiger partial charge in [0.15, 0.2) is 0 Å². The number of nitrogens with zero attached hydrogens (tertiary/aromatic N) is 4. The molecule has 4 heterocycles. The van der Waals surface area contributed by atoms with Crippen LogP contribution in [0.3, 0.4) is 0 Å². The Balaban J connectivity index is 1.22. The highest BCUT2D eigenvalue weighted by Gasteiger charge is 2.23. The van der Waals surface area contributed by atoms with E-state index in [1.807, 2.05) is 89.5 Å². The van der Waals surface area contributed by atoms with E-state index >= 15 is 0 Å². The normalized spacial score (nSPS) is 12.0. The van der Waals surface area contributed by atoms with Crippen LogP contribution in [0.4, 0.5) is 0 Å². The van der Waals surface area contributed by atoms with Crippen molar-refractivity contribution in [2.24, 2.45) is 0 Å². The molecule has 0 saturated heterocycles. The fourth-order valence-corrected chi connectivity index (χ4v) is 8.05. The van der Waals surface area contributed by atoms with Crippen molar-refractivity contribution in [3.8, 4) is 23.5 Å². The molecule has 0 atom stereocenters. The van der Waals surface area contributed by atoms with Gasteiger partial charge in [-0.05, 0) is 48.5 Å². The highest BCUT2D eigenvalue weighted by atomic mass is 16.3. The lowest BCUT2D eigenvalue weighted by Gasteiger charge is -2.15. The Morgan fingerprint density at radius 1 is 0.380 bits per heavy atom. The van der Waals surface area contributed by atoms with Crippen LogP contribution in [-0.2, 0) is 0 Å². The summed E-state index contributed by atoms with van der Waals surface area (Å²) in [6.45, 7) is 0. The van der Waals surface area contributed by atoms with Gasteiger partial charge in [-0.25, -0.2) is 0 Å². The Bertz CT molecular complexity index is 3320. The highest BCUT2D eigenvalue weighted by Crippen LogP contribution is 2.42. The Morgan fingerprint density at radius 2 is 0.820 bits per heavy atom. The molecule has 6 heteroatoms. The van der Waals surface area contributed by atoms with Gasteiger partial charge in [0.25, 0.3) is 0 Å². The number of furan rings is 2. The molecular formula is C44H22N4O2. The lowest BCUT2D eigenvalue weighted by molar-refractivity contribution is 0.669. The fourth-order valence-electron chi connectivity index (χ4n) is 8.05. The first kappa shape index (κ1) is 26.8. The second-order valence-electron chi connectivity index (χ2n) is 12.7. The third kappa shape index (κ3) is 3.44. The lowest BCUT2D eigenvalue weighted by atomic mass is 10.1. The monoisotopic (exact) mass is 638 g/mol. The predicted octanol–water partition coefficient (Wildman–Crippen LogP) is 11.4. The number of nitriles is 2. The topological polar surface area (TPSA) is 83.7 Å². The molecule has 6 nitrogen and oxygen atoms in total. The summed E-state index contributed by atoms with van der Waals surface area (Å²) < 4.78 is 16.8. The fraction of sp³-hybridized carbons (Fsp3) is 0. The van der Waals surface area contributed by atoms with E-state index in [2.05, 4.69) is 65.2 Å². The first-order valence-corrected chi connectivity index (χ1v) is 16.4. The zero-order chi connectivity index (χ0) is 33.1. The zero-order valence-corrected chi connectivity index (χ0v) is 26.3. The minimum absolute atomic E-state index is 0.391. The smallest absolute Gasteiger partial charge is 0.137 e. The van der Waals surface area contributed by atoms with E-state index in [0.29, 0.717) is 16.8 Å². The number of rotatable bonds is 2. The van der Waals surface area contributed by atoms with Gasteiger partial charge in [0.05, 0.1) is 38.9 Å². The van der Waals surface area contributed by atoms with Crippen molar-refractivity contribution in [2.45, 2.75) is 0 Å². The largest absolute Gasteiger partial charge is 0.456 e. The van der Waals surface area contributed by atoms with Crippen molar-refractivity contribution in [3.63, 3.8) is 0 Å². The summed E-state index contributed by atoms with van der Waals surface area (Å²) in [5.74, 6) is 0. The standard InChI is InChI=1S/C44H22N4O2/c45-23-25-17-27(47-36-13-5-1-9-28(36)32-19-34-30-11-3-7-15-40(30)49-42(34)21-38(32)47)18-26(24-46)44(25)48-37-14-6-2-10-29(37)33-20-35-31-12-4-8-16-41(31)50-43(35)22-39(33)48/h1-22H. The molecule has 0 amide bonds. The molecule has 50 heavy (non-hydrogen) atoms. The molecule has 11 aromatic rings. The molecule has 7 aromatic carbocycles. The molecule has 4 aromatic heterocycles. The summed E-state index contributed by atoms with van der Waals surface area (Å²) in [4.78, 5) is 0. The molecule has 0 unspecified atom stereocenters. The van der Waals surface area contributed by atoms with E-state index in [9.17, 15) is 10.5 Å². The predicted molar refractivity (Wildman–Crippen MR) is 199 cm³/mol. The van der Waals surface area contributed by atoms with Crippen molar-refractivity contribution in [3.05, 3.63) is 145 Å². The number of hydrogen-bond acceptors (Lipinski definition) is 4. The number of fused-ring (bicyclic) bond motifs is 12. The molecule has 230 valence electrons. The average molecular weight is 639 g/mol. The average Bonchev–Trinajstić information content (AvgIpc) is 3.89. The second kappa shape index (κ2) is 9.64. The second-order valence-corrected chi connectivity index (χ2v) is 12.7. The van der Waals surface area contributed by atoms with E-state index in [0.717, 1.165) is 93.2 Å². The van der Waals surface area contributed by atoms with Crippen molar-refractivity contribution in [2.75, 3.05) is 0 Å². The van der Waals surface area contributed by atoms with Crippen molar-refractivity contribution >= 4 is 87.5 Å². The van der Waals surface area contributed by atoms with Crippen molar-refractivity contribution < 1.29 is 8.83 Å². The van der Waals surface area contributed by atoms with Gasteiger partial charge in [0, 0.05) is 60.9 Å². The maximum atomic E-state index is 10.8. The Kier molecular flexibility index (Phi) is 5.16. The molecule has 0 spiro atoms. The quantitative estimate of drug-likeness (QED) is 0.189. The molecule has 0 aliphatic carbocycles. The van der Waals surface area contributed by atoms with Gasteiger partial charge in [-0.15, -0.1) is 0 Å². The maximum absolute atomic E-state index is 10.8. The molecule has 0 bridgehead atoms. The molecule has 11 rings (SSSR count). The minimum Gasteiger partial charge on any atom is -0.456 e. The van der Waals surface area contributed by atoms with Gasteiger partial charge < -0.3 is 18.0 Å². The zero-order valence-electron chi connectivity index (χ0n) is 26.3. The van der Waals surface area contributed by atoms with Gasteiger partial charge >= 0.3 is 0 Å². The van der Waals surface area contributed by atoms with Gasteiger partial charge in [0.1, 0.15) is 34.5 Å². The SMILES string of the molecule is N#Cc1cc(-n2c3ccccc3c3cc4c(cc32)oc2ccccc24)cc(C#N)c1-n1c2ccccc2c2cc3c(cc21)oc1ccccc13. The first-order chi connectivity index (χ1) is 24.7. The van der Waals surface area contributed by atoms with Gasteiger partial charge in [0.2, 0.25) is 0 Å². The lowest BCUT2D eigenvalue weighted by Crippen LogP contribution is -2.04. The van der Waals surface area contributed by atoms with E-state index in [1.165, 1.54) is 0 Å². The van der Waals surface area contributed by atoms with Gasteiger partial charge in [-0.1, -0.05) is 72.8 Å². The summed E-state index contributed by atoms with van der Waals surface area (Å²) in [5.41, 5.74) is 8.91. The molecule has 0 radical (unpaired) electrons. The maximum Gasteiger partial charge on any atom is 0.137 e. The number of benzene rings is 7. The Hall–Kier alpha value is -7.28. The number of hydrogen-bond donors (Lipinski definition) is 0. The molecule has 0 aliphatic rings. The molecule has 0 fully saturated rings. The summed E-state index contributed by atoms with van der Waals surface area (Å²) in [5, 5.41) is 30.0. The van der Waals surface area contributed by atoms with Crippen LogP contribution in [0.1, 0.15) is 11.1 Å². The summed E-state index contributed by atoms with van der Waals surface area (Å²) in [6.07, 6.45) is 0. The van der Waals surface area contributed by atoms with Crippen LogP contribution in [0, 0.1) is 22.7 Å². The van der Waals surface area contributed by atoms with Crippen LogP contribution in [0.5, 0.6) is 0 Å². The van der Waals surface area contributed by atoms with Crippen LogP contribution in [0.15, 0.2) is 142 Å². The van der Waals surface area contributed by atoms with Crippen LogP contribution in [0.25, 0.3) is 98.9 Å².